The van der Waals surface area contributed by atoms with Crippen LogP contribution in [0.2, 0.25) is 0 Å². The lowest BCUT2D eigenvalue weighted by atomic mass is 10.2. The molecule has 0 aromatic heterocycles. The second-order valence-corrected chi connectivity index (χ2v) is 1.71. The minimum absolute atomic E-state index is 0.0346. The van der Waals surface area contributed by atoms with Crippen molar-refractivity contribution < 1.29 is 5.11 Å². The number of nitrogens with zero attached hydrogens (tertiary/aromatic N) is 1. The Morgan fingerprint density at radius 2 is 2.20 bits per heavy atom. The Kier molecular flexibility index (Phi) is 3.11. The van der Waals surface area contributed by atoms with Gasteiger partial charge in [-0.05, 0) is 13.6 Å². The van der Waals surface area contributed by atoms with Gasteiger partial charge in [0.2, 0.25) is 0 Å². The molecule has 0 amide bonds. The average molecular weight is 138 g/mol. The van der Waals surface area contributed by atoms with Gasteiger partial charge in [0.1, 0.15) is 5.76 Å². The molecule has 3 nitrogen and oxygen atoms in total. The van der Waals surface area contributed by atoms with E-state index in [1.807, 2.05) is 0 Å². The topological polar surface area (TPSA) is 56.4 Å². The third-order valence-corrected chi connectivity index (χ3v) is 1.01. The summed E-state index contributed by atoms with van der Waals surface area (Å²) in [7, 11) is 0. The summed E-state index contributed by atoms with van der Waals surface area (Å²) in [6.45, 7) is 8.02. The minimum Gasteiger partial charge on any atom is -0.512 e. The van der Waals surface area contributed by atoms with Crippen LogP contribution in [-0.4, -0.2) is 17.7 Å². The molecule has 0 atom stereocenters. The van der Waals surface area contributed by atoms with Crippen LogP contribution in [0.25, 0.3) is 0 Å². The van der Waals surface area contributed by atoms with Crippen LogP contribution in [0.1, 0.15) is 6.92 Å². The molecule has 0 saturated carbocycles. The molecule has 0 spiro atoms. The third-order valence-electron chi connectivity index (χ3n) is 1.01. The van der Waals surface area contributed by atoms with Crippen LogP contribution in [0.3, 0.4) is 0 Å². The van der Waals surface area contributed by atoms with Crippen molar-refractivity contribution in [2.75, 3.05) is 0 Å². The largest absolute Gasteiger partial charge is 0.512 e. The van der Waals surface area contributed by atoms with Crippen LogP contribution < -0.4 is 0 Å². The molecular weight excluding hydrogens is 128 g/mol. The zero-order valence-electron chi connectivity index (χ0n) is 5.89. The number of aliphatic hydroxyl groups is 1. The van der Waals surface area contributed by atoms with E-state index in [4.69, 9.17) is 10.5 Å². The van der Waals surface area contributed by atoms with Crippen LogP contribution in [0.4, 0.5) is 0 Å². The van der Waals surface area contributed by atoms with Crippen LogP contribution in [0.15, 0.2) is 29.0 Å². The van der Waals surface area contributed by atoms with Crippen molar-refractivity contribution >= 4 is 12.6 Å². The lowest BCUT2D eigenvalue weighted by Gasteiger charge is -1.98. The van der Waals surface area contributed by atoms with Gasteiger partial charge in [-0.15, -0.1) is 0 Å². The molecule has 54 valence electrons. The lowest BCUT2D eigenvalue weighted by molar-refractivity contribution is 0.412. The first-order valence-corrected chi connectivity index (χ1v) is 2.71. The van der Waals surface area contributed by atoms with Gasteiger partial charge in [-0.25, -0.2) is 4.99 Å². The highest BCUT2D eigenvalue weighted by atomic mass is 16.3. The number of rotatable bonds is 2. The Morgan fingerprint density at radius 1 is 1.70 bits per heavy atom. The quantitative estimate of drug-likeness (QED) is 0.259. The number of aliphatic hydroxyl groups excluding tert-OH is 1. The van der Waals surface area contributed by atoms with Gasteiger partial charge in [0.05, 0.1) is 5.57 Å². The van der Waals surface area contributed by atoms with E-state index in [9.17, 15) is 0 Å². The molecule has 3 heteroatoms. The molecular formula is C7H10N2O. The van der Waals surface area contributed by atoms with E-state index in [0.29, 0.717) is 5.57 Å². The van der Waals surface area contributed by atoms with Gasteiger partial charge in [-0.3, -0.25) is 5.41 Å². The minimum atomic E-state index is -0.0602. The van der Waals surface area contributed by atoms with Gasteiger partial charge in [-0.1, -0.05) is 12.7 Å². The number of hydrogen-bond donors (Lipinski definition) is 2. The Morgan fingerprint density at radius 3 is 2.30 bits per heavy atom. The van der Waals surface area contributed by atoms with Crippen LogP contribution in [-0.2, 0) is 0 Å². The van der Waals surface area contributed by atoms with Crippen molar-refractivity contribution in [1.82, 2.24) is 0 Å². The highest BCUT2D eigenvalue weighted by molar-refractivity contribution is 6.01. The van der Waals surface area contributed by atoms with Gasteiger partial charge < -0.3 is 5.11 Å². The second kappa shape index (κ2) is 3.61. The number of nitrogens with one attached hydrogen (secondary N) is 1. The van der Waals surface area contributed by atoms with Crippen LogP contribution in [0, 0.1) is 5.41 Å². The third kappa shape index (κ3) is 1.85. The maximum Gasteiger partial charge on any atom is 0.154 e. The standard InChI is InChI=1S/C7H10N2O/c1-4-6(5(2)10)7(8)9-3/h4,8,10H,1,3H2,2H3/b6-5-,8-7?. The summed E-state index contributed by atoms with van der Waals surface area (Å²) in [5.41, 5.74) is 0.315. The van der Waals surface area contributed by atoms with E-state index in [1.165, 1.54) is 13.0 Å². The number of aliphatic imine (C=N–C) groups is 1. The Bertz CT molecular complexity index is 200. The average Bonchev–Trinajstić information content (AvgIpc) is 1.88. The van der Waals surface area contributed by atoms with Crippen molar-refractivity contribution in [3.05, 3.63) is 24.0 Å². The van der Waals surface area contributed by atoms with Crippen LogP contribution in [0.5, 0.6) is 0 Å². The highest BCUT2D eigenvalue weighted by Crippen LogP contribution is 2.03. The number of hydrogen-bond acceptors (Lipinski definition) is 2. The van der Waals surface area contributed by atoms with Crippen molar-refractivity contribution in [2.24, 2.45) is 4.99 Å². The van der Waals surface area contributed by atoms with E-state index in [-0.39, 0.29) is 11.6 Å². The normalized spacial score (nSPS) is 11.7. The molecule has 0 radical (unpaired) electrons. The molecule has 0 aliphatic rings. The first-order chi connectivity index (χ1) is 4.63. The Hall–Kier alpha value is -1.38. The van der Waals surface area contributed by atoms with E-state index in [1.54, 1.807) is 0 Å². The van der Waals surface area contributed by atoms with Crippen molar-refractivity contribution in [1.29, 1.82) is 5.41 Å². The SMILES string of the molecule is C=C/C(C(=N)N=C)=C(\C)O. The van der Waals surface area contributed by atoms with Crippen molar-refractivity contribution in [3.8, 4) is 0 Å². The summed E-state index contributed by atoms with van der Waals surface area (Å²) in [5, 5.41) is 16.0. The predicted octanol–water partition coefficient (Wildman–Crippen LogP) is 1.68. The van der Waals surface area contributed by atoms with Gasteiger partial charge >= 0.3 is 0 Å². The number of allylic oxidation sites excluding steroid dienone is 1. The predicted molar refractivity (Wildman–Crippen MR) is 42.8 cm³/mol. The Balaban J connectivity index is 4.69. The molecule has 0 rings (SSSR count). The number of amidine groups is 1. The highest BCUT2D eigenvalue weighted by Gasteiger charge is 2.00. The zero-order chi connectivity index (χ0) is 8.15. The Labute approximate surface area is 59.9 Å². The monoisotopic (exact) mass is 138 g/mol. The molecule has 0 fully saturated rings. The summed E-state index contributed by atoms with van der Waals surface area (Å²) in [6.07, 6.45) is 1.37. The maximum atomic E-state index is 8.89. The molecule has 0 unspecified atom stereocenters. The maximum absolute atomic E-state index is 8.89. The zero-order valence-corrected chi connectivity index (χ0v) is 5.89. The van der Waals surface area contributed by atoms with E-state index >= 15 is 0 Å². The fourth-order valence-electron chi connectivity index (χ4n) is 0.501. The summed E-state index contributed by atoms with van der Waals surface area (Å²) >= 11 is 0. The van der Waals surface area contributed by atoms with Gasteiger partial charge in [0.25, 0.3) is 0 Å². The first-order valence-electron chi connectivity index (χ1n) is 2.71. The first kappa shape index (κ1) is 8.62. The molecule has 0 aliphatic carbocycles. The molecule has 2 N–H and O–H groups in total. The fourth-order valence-corrected chi connectivity index (χ4v) is 0.501. The summed E-state index contributed by atoms with van der Waals surface area (Å²) < 4.78 is 0. The van der Waals surface area contributed by atoms with Crippen molar-refractivity contribution in [2.45, 2.75) is 6.92 Å². The molecule has 0 aromatic rings. The molecule has 0 heterocycles. The lowest BCUT2D eigenvalue weighted by Crippen LogP contribution is -1.96. The molecule has 0 saturated heterocycles. The van der Waals surface area contributed by atoms with Crippen molar-refractivity contribution in [3.63, 3.8) is 0 Å². The van der Waals surface area contributed by atoms with E-state index < -0.39 is 0 Å². The fraction of sp³-hybridized carbons (Fsp3) is 0.143. The van der Waals surface area contributed by atoms with Crippen LogP contribution >= 0.6 is 0 Å². The smallest absolute Gasteiger partial charge is 0.154 e. The molecule has 0 aromatic carbocycles. The summed E-state index contributed by atoms with van der Waals surface area (Å²) in [6, 6.07) is 0. The molecule has 10 heavy (non-hydrogen) atoms. The molecule has 0 bridgehead atoms. The summed E-state index contributed by atoms with van der Waals surface area (Å²) in [4.78, 5) is 3.33. The van der Waals surface area contributed by atoms with Gasteiger partial charge in [-0.2, -0.15) is 0 Å². The van der Waals surface area contributed by atoms with Gasteiger partial charge in [0, 0.05) is 0 Å². The molecule has 0 aliphatic heterocycles. The van der Waals surface area contributed by atoms with Gasteiger partial charge in [0.15, 0.2) is 5.84 Å². The second-order valence-electron chi connectivity index (χ2n) is 1.71. The van der Waals surface area contributed by atoms with E-state index in [2.05, 4.69) is 18.3 Å². The van der Waals surface area contributed by atoms with E-state index in [0.717, 1.165) is 0 Å². The summed E-state index contributed by atoms with van der Waals surface area (Å²) in [5.74, 6) is -0.0256.